The van der Waals surface area contributed by atoms with E-state index in [4.69, 9.17) is 0 Å². The molecule has 1 heterocycles. The van der Waals surface area contributed by atoms with Gasteiger partial charge in [-0.25, -0.2) is 0 Å². The van der Waals surface area contributed by atoms with E-state index in [9.17, 15) is 0 Å². The van der Waals surface area contributed by atoms with Gasteiger partial charge in [0.25, 0.3) is 0 Å². The zero-order valence-corrected chi connectivity index (χ0v) is 5.82. The normalized spacial score (nSPS) is 34.5. The van der Waals surface area contributed by atoms with Gasteiger partial charge in [-0.15, -0.1) is 0 Å². The van der Waals surface area contributed by atoms with E-state index in [1.54, 1.807) is 5.32 Å². The van der Waals surface area contributed by atoms with Crippen LogP contribution in [0.5, 0.6) is 0 Å². The molecule has 6 heavy (non-hydrogen) atoms. The van der Waals surface area contributed by atoms with Crippen molar-refractivity contribution in [1.82, 2.24) is 0 Å². The standard InChI is InChI=1S/C5H10Se/c1-5-3-2-4-6-5/h5H,2-4H2,1H3. The molecular weight excluding hydrogens is 139 g/mol. The molecule has 0 N–H and O–H groups in total. The van der Waals surface area contributed by atoms with Crippen molar-refractivity contribution in [2.45, 2.75) is 29.9 Å². The molecule has 0 radical (unpaired) electrons. The van der Waals surface area contributed by atoms with Gasteiger partial charge in [0.05, 0.1) is 0 Å². The Labute approximate surface area is 45.5 Å². The molecule has 36 valence electrons. The Kier molecular flexibility index (Phi) is 1.55. The quantitative estimate of drug-likeness (QED) is 0.460. The summed E-state index contributed by atoms with van der Waals surface area (Å²) in [7, 11) is 0. The zero-order valence-electron chi connectivity index (χ0n) is 4.11. The molecule has 0 nitrogen and oxygen atoms in total. The van der Waals surface area contributed by atoms with Gasteiger partial charge >= 0.3 is 44.9 Å². The van der Waals surface area contributed by atoms with Crippen LogP contribution in [0.25, 0.3) is 0 Å². The third kappa shape index (κ3) is 0.990. The second-order valence-corrected chi connectivity index (χ2v) is 5.07. The molecule has 1 rings (SSSR count). The molecule has 0 aromatic heterocycles. The van der Waals surface area contributed by atoms with Gasteiger partial charge in [0.1, 0.15) is 0 Å². The van der Waals surface area contributed by atoms with Gasteiger partial charge in [0.15, 0.2) is 0 Å². The van der Waals surface area contributed by atoms with Crippen LogP contribution in [0.2, 0.25) is 10.1 Å². The first-order valence-corrected chi connectivity index (χ1v) is 4.71. The topological polar surface area (TPSA) is 0 Å². The maximum atomic E-state index is 2.37. The van der Waals surface area contributed by atoms with Crippen LogP contribution in [0.3, 0.4) is 0 Å². The summed E-state index contributed by atoms with van der Waals surface area (Å²) in [6.45, 7) is 2.37. The van der Waals surface area contributed by atoms with Crippen LogP contribution in [-0.4, -0.2) is 15.0 Å². The van der Waals surface area contributed by atoms with Gasteiger partial charge in [-0.3, -0.25) is 0 Å². The Hall–Kier alpha value is 0.519. The first-order chi connectivity index (χ1) is 2.89. The van der Waals surface area contributed by atoms with E-state index < -0.39 is 0 Å². The van der Waals surface area contributed by atoms with Crippen molar-refractivity contribution in [3.63, 3.8) is 0 Å². The predicted molar refractivity (Wildman–Crippen MR) is 29.2 cm³/mol. The van der Waals surface area contributed by atoms with Crippen LogP contribution >= 0.6 is 0 Å². The molecular formula is C5H10Se. The summed E-state index contributed by atoms with van der Waals surface area (Å²) in [6.07, 6.45) is 3.03. The van der Waals surface area contributed by atoms with E-state index in [0.717, 1.165) is 19.8 Å². The van der Waals surface area contributed by atoms with Crippen molar-refractivity contribution < 1.29 is 0 Å². The zero-order chi connectivity index (χ0) is 4.41. The molecule has 1 aliphatic rings. The van der Waals surface area contributed by atoms with Gasteiger partial charge < -0.3 is 0 Å². The molecule has 0 saturated carbocycles. The van der Waals surface area contributed by atoms with E-state index in [1.165, 1.54) is 12.8 Å². The van der Waals surface area contributed by atoms with E-state index in [-0.39, 0.29) is 0 Å². The number of hydrogen-bond acceptors (Lipinski definition) is 0. The first-order valence-electron chi connectivity index (χ1n) is 2.51. The van der Waals surface area contributed by atoms with Gasteiger partial charge in [-0.05, 0) is 0 Å². The fourth-order valence-corrected chi connectivity index (χ4v) is 2.98. The van der Waals surface area contributed by atoms with Crippen molar-refractivity contribution in [3.05, 3.63) is 0 Å². The molecule has 1 saturated heterocycles. The van der Waals surface area contributed by atoms with Crippen LogP contribution < -0.4 is 0 Å². The molecule has 0 bridgehead atoms. The summed E-state index contributed by atoms with van der Waals surface area (Å²) < 4.78 is 0. The SMILES string of the molecule is CC1CCC[Se]1. The van der Waals surface area contributed by atoms with Gasteiger partial charge in [-0.2, -0.15) is 0 Å². The summed E-state index contributed by atoms with van der Waals surface area (Å²) in [5.41, 5.74) is 0. The Morgan fingerprint density at radius 3 is 2.67 bits per heavy atom. The Balaban J connectivity index is 2.18. The van der Waals surface area contributed by atoms with Crippen LogP contribution in [0.15, 0.2) is 0 Å². The summed E-state index contributed by atoms with van der Waals surface area (Å²) >= 11 is 1.03. The monoisotopic (exact) mass is 150 g/mol. The number of hydrogen-bond donors (Lipinski definition) is 0. The van der Waals surface area contributed by atoms with Crippen LogP contribution in [0, 0.1) is 0 Å². The molecule has 1 atom stereocenters. The average molecular weight is 149 g/mol. The van der Waals surface area contributed by atoms with Crippen molar-refractivity contribution in [2.24, 2.45) is 0 Å². The molecule has 1 heteroatoms. The van der Waals surface area contributed by atoms with E-state index >= 15 is 0 Å². The van der Waals surface area contributed by atoms with Gasteiger partial charge in [0, 0.05) is 0 Å². The van der Waals surface area contributed by atoms with Crippen molar-refractivity contribution >= 4 is 15.0 Å². The molecule has 0 aromatic carbocycles. The third-order valence-electron chi connectivity index (χ3n) is 1.16. The van der Waals surface area contributed by atoms with E-state index in [2.05, 4.69) is 6.92 Å². The average Bonchev–Trinajstić information content (AvgIpc) is 1.86. The Bertz CT molecular complexity index is 37.2. The van der Waals surface area contributed by atoms with Crippen molar-refractivity contribution in [2.75, 3.05) is 0 Å². The summed E-state index contributed by atoms with van der Waals surface area (Å²) in [5.74, 6) is 0. The Morgan fingerprint density at radius 1 is 1.67 bits per heavy atom. The summed E-state index contributed by atoms with van der Waals surface area (Å²) in [6, 6.07) is 0. The minimum atomic E-state index is 1.03. The van der Waals surface area contributed by atoms with E-state index in [1.807, 2.05) is 0 Å². The molecule has 1 aliphatic heterocycles. The fraction of sp³-hybridized carbons (Fsp3) is 1.00. The molecule has 0 spiro atoms. The van der Waals surface area contributed by atoms with Crippen molar-refractivity contribution in [1.29, 1.82) is 0 Å². The first kappa shape index (κ1) is 4.67. The molecule has 0 amide bonds. The Morgan fingerprint density at radius 2 is 2.50 bits per heavy atom. The predicted octanol–water partition coefficient (Wildman–Crippen LogP) is 1.71. The number of rotatable bonds is 0. The van der Waals surface area contributed by atoms with Crippen LogP contribution in [0.4, 0.5) is 0 Å². The van der Waals surface area contributed by atoms with Gasteiger partial charge in [-0.1, -0.05) is 0 Å². The maximum absolute atomic E-state index is 2.37. The summed E-state index contributed by atoms with van der Waals surface area (Å²) in [5, 5.41) is 1.55. The van der Waals surface area contributed by atoms with Crippen molar-refractivity contribution in [3.8, 4) is 0 Å². The van der Waals surface area contributed by atoms with E-state index in [0.29, 0.717) is 0 Å². The molecule has 1 fully saturated rings. The summed E-state index contributed by atoms with van der Waals surface area (Å²) in [4.78, 5) is 1.11. The molecule has 0 aliphatic carbocycles. The minimum absolute atomic E-state index is 1.03. The fourth-order valence-electron chi connectivity index (χ4n) is 0.739. The molecule has 1 unspecified atom stereocenters. The van der Waals surface area contributed by atoms with Crippen LogP contribution in [0.1, 0.15) is 19.8 Å². The second kappa shape index (κ2) is 1.99. The third-order valence-corrected chi connectivity index (χ3v) is 3.95. The van der Waals surface area contributed by atoms with Gasteiger partial charge in [0.2, 0.25) is 0 Å². The molecule has 0 aromatic rings. The van der Waals surface area contributed by atoms with Crippen LogP contribution in [-0.2, 0) is 0 Å². The second-order valence-electron chi connectivity index (χ2n) is 1.82.